The van der Waals surface area contributed by atoms with Gasteiger partial charge in [0.1, 0.15) is 23.0 Å². The van der Waals surface area contributed by atoms with Crippen molar-refractivity contribution >= 4 is 34.0 Å². The Kier molecular flexibility index (Phi) is 5.18. The highest BCUT2D eigenvalue weighted by molar-refractivity contribution is 6.07. The largest absolute Gasteiger partial charge is 0.496 e. The van der Waals surface area contributed by atoms with Crippen LogP contribution in [-0.2, 0) is 7.05 Å². The molecule has 0 saturated heterocycles. The Bertz CT molecular complexity index is 1260. The van der Waals surface area contributed by atoms with Crippen LogP contribution in [0.15, 0.2) is 47.5 Å². The second-order valence-corrected chi connectivity index (χ2v) is 6.64. The lowest BCUT2D eigenvalue weighted by Gasteiger charge is -2.17. The molecule has 1 aromatic heterocycles. The first-order chi connectivity index (χ1) is 14.6. The molecule has 0 bridgehead atoms. The van der Waals surface area contributed by atoms with Gasteiger partial charge in [-0.2, -0.15) is 0 Å². The van der Waals surface area contributed by atoms with Gasteiger partial charge in [-0.1, -0.05) is 12.1 Å². The molecule has 30 heavy (non-hydrogen) atoms. The van der Waals surface area contributed by atoms with E-state index in [0.717, 1.165) is 27.4 Å². The summed E-state index contributed by atoms with van der Waals surface area (Å²) in [6.45, 7) is 0. The van der Waals surface area contributed by atoms with Crippen molar-refractivity contribution < 1.29 is 18.9 Å². The smallest absolute Gasteiger partial charge is 0.230 e. The van der Waals surface area contributed by atoms with E-state index in [0.29, 0.717) is 28.9 Å². The van der Waals surface area contributed by atoms with Gasteiger partial charge >= 0.3 is 0 Å². The van der Waals surface area contributed by atoms with E-state index in [1.54, 1.807) is 34.7 Å². The van der Waals surface area contributed by atoms with Gasteiger partial charge in [-0.25, -0.2) is 9.98 Å². The third-order valence-corrected chi connectivity index (χ3v) is 5.10. The van der Waals surface area contributed by atoms with Crippen molar-refractivity contribution in [3.05, 3.63) is 48.0 Å². The fourth-order valence-corrected chi connectivity index (χ4v) is 3.65. The maximum absolute atomic E-state index is 5.77. The molecule has 154 valence electrons. The molecule has 0 N–H and O–H groups in total. The Hall–Kier alpha value is -3.74. The monoisotopic (exact) mass is 405 g/mol. The van der Waals surface area contributed by atoms with Crippen molar-refractivity contribution in [3.8, 4) is 23.0 Å². The lowest BCUT2D eigenvalue weighted by molar-refractivity contribution is 0.392. The molecule has 0 amide bonds. The lowest BCUT2D eigenvalue weighted by Crippen LogP contribution is -1.99. The van der Waals surface area contributed by atoms with Gasteiger partial charge in [0.25, 0.3) is 0 Å². The zero-order valence-electron chi connectivity index (χ0n) is 17.6. The number of para-hydroxylation sites is 2. The summed E-state index contributed by atoms with van der Waals surface area (Å²) >= 11 is 0. The zero-order valence-corrected chi connectivity index (χ0v) is 17.6. The van der Waals surface area contributed by atoms with Crippen molar-refractivity contribution in [1.82, 2.24) is 9.55 Å². The Morgan fingerprint density at radius 1 is 0.833 bits per heavy atom. The second kappa shape index (κ2) is 7.94. The van der Waals surface area contributed by atoms with Gasteiger partial charge < -0.3 is 23.5 Å². The van der Waals surface area contributed by atoms with Crippen LogP contribution in [0.4, 0.5) is 5.95 Å². The fraction of sp³-hybridized carbons (Fsp3) is 0.217. The first-order valence-electron chi connectivity index (χ1n) is 9.38. The maximum Gasteiger partial charge on any atom is 0.230 e. The molecule has 4 aromatic rings. The van der Waals surface area contributed by atoms with Crippen molar-refractivity contribution in [2.75, 3.05) is 28.4 Å². The van der Waals surface area contributed by atoms with Gasteiger partial charge in [0, 0.05) is 18.8 Å². The molecule has 4 rings (SSSR count). The average molecular weight is 405 g/mol. The van der Waals surface area contributed by atoms with Gasteiger partial charge in [-0.15, -0.1) is 0 Å². The molecule has 7 nitrogen and oxygen atoms in total. The predicted octanol–water partition coefficient (Wildman–Crippen LogP) is 4.51. The van der Waals surface area contributed by atoms with Crippen molar-refractivity contribution in [1.29, 1.82) is 0 Å². The third-order valence-electron chi connectivity index (χ3n) is 5.10. The van der Waals surface area contributed by atoms with Crippen LogP contribution in [-0.4, -0.2) is 44.2 Å². The van der Waals surface area contributed by atoms with Gasteiger partial charge in [-0.05, 0) is 30.3 Å². The summed E-state index contributed by atoms with van der Waals surface area (Å²) in [5.74, 6) is 3.16. The van der Waals surface area contributed by atoms with Gasteiger partial charge in [0.2, 0.25) is 5.95 Å². The quantitative estimate of drug-likeness (QED) is 0.442. The molecular weight excluding hydrogens is 382 g/mol. The molecule has 7 heteroatoms. The van der Waals surface area contributed by atoms with Crippen LogP contribution < -0.4 is 18.9 Å². The minimum atomic E-state index is 0.593. The minimum absolute atomic E-state index is 0.593. The Balaban J connectivity index is 1.94. The number of fused-ring (bicyclic) bond motifs is 2. The summed E-state index contributed by atoms with van der Waals surface area (Å²) in [7, 11) is 8.41. The van der Waals surface area contributed by atoms with E-state index in [1.165, 1.54) is 0 Å². The number of rotatable bonds is 6. The number of hydrogen-bond donors (Lipinski definition) is 0. The number of aromatic nitrogens is 2. The number of hydrogen-bond acceptors (Lipinski definition) is 6. The van der Waals surface area contributed by atoms with E-state index in [1.807, 2.05) is 54.1 Å². The minimum Gasteiger partial charge on any atom is -0.496 e. The number of aryl methyl sites for hydroxylation is 1. The number of benzene rings is 3. The molecule has 3 aromatic carbocycles. The van der Waals surface area contributed by atoms with Crippen LogP contribution in [0.25, 0.3) is 21.8 Å². The summed E-state index contributed by atoms with van der Waals surface area (Å²) < 4.78 is 24.5. The van der Waals surface area contributed by atoms with Gasteiger partial charge in [-0.3, -0.25) is 0 Å². The molecule has 1 heterocycles. The summed E-state index contributed by atoms with van der Waals surface area (Å²) in [6.07, 6.45) is 1.72. The molecule has 0 aliphatic carbocycles. The van der Waals surface area contributed by atoms with Crippen LogP contribution in [0, 0.1) is 0 Å². The Morgan fingerprint density at radius 2 is 1.50 bits per heavy atom. The summed E-state index contributed by atoms with van der Waals surface area (Å²) in [5, 5.41) is 1.53. The van der Waals surface area contributed by atoms with Crippen LogP contribution in [0.1, 0.15) is 5.56 Å². The third kappa shape index (κ3) is 3.08. The van der Waals surface area contributed by atoms with Gasteiger partial charge in [0.15, 0.2) is 0 Å². The second-order valence-electron chi connectivity index (χ2n) is 6.64. The molecule has 0 spiro atoms. The molecule has 0 fully saturated rings. The predicted molar refractivity (Wildman–Crippen MR) is 118 cm³/mol. The lowest BCUT2D eigenvalue weighted by atomic mass is 10.0. The van der Waals surface area contributed by atoms with Crippen LogP contribution in [0.2, 0.25) is 0 Å². The molecule has 0 unspecified atom stereocenters. The highest BCUT2D eigenvalue weighted by Crippen LogP contribution is 2.46. The maximum atomic E-state index is 5.77. The van der Waals surface area contributed by atoms with Crippen molar-refractivity contribution in [2.45, 2.75) is 0 Å². The van der Waals surface area contributed by atoms with E-state index in [4.69, 9.17) is 18.9 Å². The SMILES string of the molecule is COc1ccc(OC)c2c(OC)c(/C=N/c3nc4ccccc4n3C)cc(OC)c12. The standard InChI is InChI=1S/C23H23N3O4/c1-26-16-9-7-6-8-15(16)25-23(26)24-13-14-12-19(29-4)20-17(27-2)10-11-18(28-3)21(20)22(14)30-5/h6-13H,1-5H3/b24-13+. The summed E-state index contributed by atoms with van der Waals surface area (Å²) in [6, 6.07) is 13.5. The molecular formula is C23H23N3O4. The Morgan fingerprint density at radius 3 is 2.13 bits per heavy atom. The normalized spacial score (nSPS) is 11.4. The molecule has 0 atom stereocenters. The number of ether oxygens (including phenoxy) is 4. The highest BCUT2D eigenvalue weighted by atomic mass is 16.5. The van der Waals surface area contributed by atoms with E-state index in [-0.39, 0.29) is 0 Å². The van der Waals surface area contributed by atoms with Crippen LogP contribution >= 0.6 is 0 Å². The molecule has 0 saturated carbocycles. The average Bonchev–Trinajstić information content (AvgIpc) is 3.11. The zero-order chi connectivity index (χ0) is 21.3. The van der Waals surface area contributed by atoms with Crippen LogP contribution in [0.3, 0.4) is 0 Å². The number of methoxy groups -OCH3 is 4. The Labute approximate surface area is 174 Å². The highest BCUT2D eigenvalue weighted by Gasteiger charge is 2.20. The first kappa shape index (κ1) is 19.6. The number of imidazole rings is 1. The number of aliphatic imine (C=N–C) groups is 1. The number of nitrogens with zero attached hydrogens (tertiary/aromatic N) is 3. The summed E-state index contributed by atoms with van der Waals surface area (Å²) in [5.41, 5.74) is 2.64. The van der Waals surface area contributed by atoms with E-state index < -0.39 is 0 Å². The molecule has 0 aliphatic heterocycles. The fourth-order valence-electron chi connectivity index (χ4n) is 3.65. The van der Waals surface area contributed by atoms with Crippen molar-refractivity contribution in [2.24, 2.45) is 12.0 Å². The van der Waals surface area contributed by atoms with E-state index >= 15 is 0 Å². The van der Waals surface area contributed by atoms with Gasteiger partial charge in [0.05, 0.1) is 50.2 Å². The molecule has 0 aliphatic rings. The molecule has 0 radical (unpaired) electrons. The van der Waals surface area contributed by atoms with Crippen molar-refractivity contribution in [3.63, 3.8) is 0 Å². The topological polar surface area (TPSA) is 67.1 Å². The van der Waals surface area contributed by atoms with E-state index in [2.05, 4.69) is 9.98 Å². The van der Waals surface area contributed by atoms with Crippen LogP contribution in [0.5, 0.6) is 23.0 Å². The summed E-state index contributed by atoms with van der Waals surface area (Å²) in [4.78, 5) is 9.22. The van der Waals surface area contributed by atoms with E-state index in [9.17, 15) is 0 Å². The first-order valence-corrected chi connectivity index (χ1v) is 9.38.